The molecule has 1 aliphatic heterocycles. The van der Waals surface area contributed by atoms with Crippen LogP contribution >= 0.6 is 15.9 Å². The smallest absolute Gasteiger partial charge is 0.162 e. The lowest BCUT2D eigenvalue weighted by atomic mass is 10.0. The molecule has 2 N–H and O–H groups in total. The zero-order chi connectivity index (χ0) is 15.5. The maximum Gasteiger partial charge on any atom is 0.162 e. The zero-order valence-corrected chi connectivity index (χ0v) is 14.4. The van der Waals surface area contributed by atoms with Crippen molar-refractivity contribution in [1.29, 1.82) is 0 Å². The first-order valence-corrected chi connectivity index (χ1v) is 9.43. The van der Waals surface area contributed by atoms with Crippen molar-refractivity contribution in [3.8, 4) is 11.3 Å². The lowest BCUT2D eigenvalue weighted by Gasteiger charge is -2.09. The zero-order valence-electron chi connectivity index (χ0n) is 12.8. The fourth-order valence-electron chi connectivity index (χ4n) is 3.45. The van der Waals surface area contributed by atoms with Crippen LogP contribution < -0.4 is 5.32 Å². The van der Waals surface area contributed by atoms with Gasteiger partial charge in [0.1, 0.15) is 0 Å². The third-order valence-corrected chi connectivity index (χ3v) is 4.48. The Hall–Kier alpha value is -1.33. The first kappa shape index (κ1) is 15.6. The molecule has 0 amide bonds. The molecule has 118 valence electrons. The number of aryl methyl sites for hydroxylation is 1. The van der Waals surface area contributed by atoms with E-state index in [9.17, 15) is 5.21 Å². The van der Waals surface area contributed by atoms with E-state index in [1.807, 2.05) is 5.83 Å². The van der Waals surface area contributed by atoms with Crippen LogP contribution in [0, 0.1) is 0 Å². The molecule has 1 atom stereocenters. The molecule has 0 unspecified atom stereocenters. The van der Waals surface area contributed by atoms with Crippen LogP contribution in [0.2, 0.25) is 0 Å². The SMILES string of the molecule is CBr.On1c([C@@H]2CCCN2)nc2c1CCCc1ccccc1-2. The van der Waals surface area contributed by atoms with E-state index in [-0.39, 0.29) is 6.04 Å². The van der Waals surface area contributed by atoms with Crippen LogP contribution in [-0.4, -0.2) is 27.3 Å². The maximum absolute atomic E-state index is 10.5. The molecule has 2 heterocycles. The van der Waals surface area contributed by atoms with Crippen LogP contribution in [0.4, 0.5) is 0 Å². The van der Waals surface area contributed by atoms with Gasteiger partial charge in [0.2, 0.25) is 0 Å². The van der Waals surface area contributed by atoms with E-state index < -0.39 is 0 Å². The largest absolute Gasteiger partial charge is 0.427 e. The summed E-state index contributed by atoms with van der Waals surface area (Å²) in [6.45, 7) is 1.01. The minimum absolute atomic E-state index is 0.194. The Morgan fingerprint density at radius 1 is 1.23 bits per heavy atom. The van der Waals surface area contributed by atoms with Crippen molar-refractivity contribution >= 4 is 15.9 Å². The fourth-order valence-corrected chi connectivity index (χ4v) is 3.45. The Kier molecular flexibility index (Phi) is 4.84. The molecular weight excluding hydrogens is 342 g/mol. The topological polar surface area (TPSA) is 50.1 Å². The molecule has 0 bridgehead atoms. The van der Waals surface area contributed by atoms with E-state index in [2.05, 4.69) is 45.5 Å². The average molecular weight is 364 g/mol. The number of rotatable bonds is 1. The highest BCUT2D eigenvalue weighted by Crippen LogP contribution is 2.34. The van der Waals surface area contributed by atoms with Crippen molar-refractivity contribution in [2.75, 3.05) is 12.4 Å². The van der Waals surface area contributed by atoms with E-state index in [4.69, 9.17) is 4.98 Å². The normalized spacial score (nSPS) is 19.6. The van der Waals surface area contributed by atoms with Crippen molar-refractivity contribution in [2.24, 2.45) is 0 Å². The molecule has 1 saturated heterocycles. The average Bonchev–Trinajstić information content (AvgIpc) is 3.15. The van der Waals surface area contributed by atoms with Gasteiger partial charge >= 0.3 is 0 Å². The summed E-state index contributed by atoms with van der Waals surface area (Å²) in [7, 11) is 0. The predicted octanol–water partition coefficient (Wildman–Crippen LogP) is 3.71. The quantitative estimate of drug-likeness (QED) is 0.599. The Bertz CT molecular complexity index is 647. The molecule has 1 fully saturated rings. The van der Waals surface area contributed by atoms with Gasteiger partial charge in [-0.15, -0.1) is 0 Å². The van der Waals surface area contributed by atoms with Gasteiger partial charge in [-0.25, -0.2) is 4.98 Å². The van der Waals surface area contributed by atoms with Crippen LogP contribution in [0.25, 0.3) is 11.3 Å². The van der Waals surface area contributed by atoms with E-state index in [1.165, 1.54) is 15.9 Å². The fraction of sp³-hybridized carbons (Fsp3) is 0.471. The molecule has 2 aliphatic rings. The first-order chi connectivity index (χ1) is 10.8. The molecule has 0 spiro atoms. The molecule has 0 radical (unpaired) electrons. The van der Waals surface area contributed by atoms with Gasteiger partial charge in [0.25, 0.3) is 0 Å². The van der Waals surface area contributed by atoms with Gasteiger partial charge in [-0.2, -0.15) is 4.73 Å². The van der Waals surface area contributed by atoms with Crippen LogP contribution in [0.1, 0.15) is 42.4 Å². The van der Waals surface area contributed by atoms with Gasteiger partial charge in [-0.05, 0) is 50.0 Å². The second-order valence-electron chi connectivity index (χ2n) is 5.74. The van der Waals surface area contributed by atoms with Gasteiger partial charge < -0.3 is 10.5 Å². The van der Waals surface area contributed by atoms with Gasteiger partial charge in [-0.1, -0.05) is 40.2 Å². The second-order valence-corrected chi connectivity index (χ2v) is 5.74. The summed E-state index contributed by atoms with van der Waals surface area (Å²) >= 11 is 2.94. The number of imidazole rings is 1. The molecule has 2 aromatic rings. The van der Waals surface area contributed by atoms with Crippen molar-refractivity contribution in [3.05, 3.63) is 41.3 Å². The number of hydrogen-bond donors (Lipinski definition) is 2. The van der Waals surface area contributed by atoms with Crippen LogP contribution in [0.5, 0.6) is 0 Å². The highest BCUT2D eigenvalue weighted by Gasteiger charge is 2.28. The van der Waals surface area contributed by atoms with Crippen LogP contribution in [0.3, 0.4) is 0 Å². The predicted molar refractivity (Wildman–Crippen MR) is 91.7 cm³/mol. The van der Waals surface area contributed by atoms with Gasteiger partial charge in [0, 0.05) is 5.56 Å². The number of halogens is 1. The molecule has 4 rings (SSSR count). The lowest BCUT2D eigenvalue weighted by molar-refractivity contribution is 0.160. The van der Waals surface area contributed by atoms with Crippen molar-refractivity contribution < 1.29 is 5.21 Å². The maximum atomic E-state index is 10.5. The number of aromatic nitrogens is 2. The summed E-state index contributed by atoms with van der Waals surface area (Å²) in [5.74, 6) is 2.59. The number of fused-ring (bicyclic) bond motifs is 3. The number of benzene rings is 1. The van der Waals surface area contributed by atoms with Gasteiger partial charge in [-0.3, -0.25) is 0 Å². The van der Waals surface area contributed by atoms with E-state index in [1.54, 1.807) is 0 Å². The molecular formula is C17H22BrN3O. The van der Waals surface area contributed by atoms with Crippen LogP contribution in [-0.2, 0) is 12.8 Å². The van der Waals surface area contributed by atoms with Crippen LogP contribution in [0.15, 0.2) is 24.3 Å². The second kappa shape index (κ2) is 6.84. The Morgan fingerprint density at radius 2 is 2.05 bits per heavy atom. The molecule has 4 nitrogen and oxygen atoms in total. The lowest BCUT2D eigenvalue weighted by Crippen LogP contribution is -2.18. The number of nitrogens with one attached hydrogen (secondary N) is 1. The minimum Gasteiger partial charge on any atom is -0.427 e. The molecule has 1 aromatic carbocycles. The summed E-state index contributed by atoms with van der Waals surface area (Å²) in [5, 5.41) is 13.9. The summed E-state index contributed by atoms with van der Waals surface area (Å²) in [6.07, 6.45) is 5.22. The van der Waals surface area contributed by atoms with E-state index in [0.717, 1.165) is 55.9 Å². The highest BCUT2D eigenvalue weighted by atomic mass is 79.9. The number of alkyl halides is 1. The first-order valence-electron chi connectivity index (χ1n) is 7.85. The van der Waals surface area contributed by atoms with E-state index in [0.29, 0.717) is 0 Å². The molecule has 1 aromatic heterocycles. The van der Waals surface area contributed by atoms with Crippen molar-refractivity contribution in [3.63, 3.8) is 0 Å². The molecule has 5 heteroatoms. The summed E-state index contributed by atoms with van der Waals surface area (Å²) < 4.78 is 1.35. The summed E-state index contributed by atoms with van der Waals surface area (Å²) in [5.41, 5.74) is 4.48. The minimum atomic E-state index is 0.194. The molecule has 22 heavy (non-hydrogen) atoms. The Balaban J connectivity index is 0.000000693. The van der Waals surface area contributed by atoms with E-state index >= 15 is 0 Å². The number of hydrogen-bond acceptors (Lipinski definition) is 3. The van der Waals surface area contributed by atoms with Crippen molar-refractivity contribution in [1.82, 2.24) is 15.0 Å². The standard InChI is InChI=1S/C16H19N3O.CH3Br/c20-19-14-9-3-6-11-5-1-2-7-12(11)15(14)18-16(19)13-8-4-10-17-13;1-2/h1-2,5,7,13,17,20H,3-4,6,8-10H2;1H3/t13-;/m0./s1. The third-order valence-electron chi connectivity index (χ3n) is 4.48. The molecule has 0 saturated carbocycles. The number of nitrogens with zero attached hydrogens (tertiary/aromatic N) is 2. The van der Waals surface area contributed by atoms with Gasteiger partial charge in [0.05, 0.1) is 17.4 Å². The molecule has 1 aliphatic carbocycles. The Labute approximate surface area is 139 Å². The summed E-state index contributed by atoms with van der Waals surface area (Å²) in [6, 6.07) is 8.63. The highest BCUT2D eigenvalue weighted by molar-refractivity contribution is 9.08. The third kappa shape index (κ3) is 2.68. The van der Waals surface area contributed by atoms with Gasteiger partial charge in [0.15, 0.2) is 5.82 Å². The summed E-state index contributed by atoms with van der Waals surface area (Å²) in [4.78, 5) is 4.78. The Morgan fingerprint density at radius 3 is 2.82 bits per heavy atom. The van der Waals surface area contributed by atoms with Crippen molar-refractivity contribution in [2.45, 2.75) is 38.1 Å². The monoisotopic (exact) mass is 363 g/mol.